The molecular weight excluding hydrogens is 318 g/mol. The van der Waals surface area contributed by atoms with Gasteiger partial charge in [-0.1, -0.05) is 6.92 Å². The van der Waals surface area contributed by atoms with Gasteiger partial charge in [-0.3, -0.25) is 4.79 Å². The number of nitrogens with one attached hydrogen (secondary N) is 1. The van der Waals surface area contributed by atoms with Gasteiger partial charge < -0.3 is 15.3 Å². The number of hydrogen-bond donors (Lipinski definition) is 2. The van der Waals surface area contributed by atoms with Gasteiger partial charge in [0, 0.05) is 18.7 Å². The SMILES string of the molecule is CC1CCN(CC(O)CNC(=O)c2ccc(-n3cncn3)cc2)CC1. The molecule has 7 nitrogen and oxygen atoms in total. The lowest BCUT2D eigenvalue weighted by Gasteiger charge is -2.31. The van der Waals surface area contributed by atoms with E-state index in [2.05, 4.69) is 27.2 Å². The fourth-order valence-corrected chi connectivity index (χ4v) is 3.03. The molecule has 0 radical (unpaired) electrons. The van der Waals surface area contributed by atoms with E-state index in [-0.39, 0.29) is 12.5 Å². The van der Waals surface area contributed by atoms with Gasteiger partial charge in [0.15, 0.2) is 0 Å². The minimum absolute atomic E-state index is 0.184. The van der Waals surface area contributed by atoms with Crippen molar-refractivity contribution in [3.63, 3.8) is 0 Å². The molecule has 0 saturated carbocycles. The zero-order valence-electron chi connectivity index (χ0n) is 14.5. The van der Waals surface area contributed by atoms with Gasteiger partial charge in [0.2, 0.25) is 0 Å². The lowest BCUT2D eigenvalue weighted by atomic mass is 9.99. The number of carbonyl (C=O) groups is 1. The summed E-state index contributed by atoms with van der Waals surface area (Å²) in [7, 11) is 0. The van der Waals surface area contributed by atoms with Crippen LogP contribution in [0.4, 0.5) is 0 Å². The Balaban J connectivity index is 1.45. The Hall–Kier alpha value is -2.25. The molecule has 1 saturated heterocycles. The number of aliphatic hydroxyl groups is 1. The Morgan fingerprint density at radius 1 is 1.32 bits per heavy atom. The van der Waals surface area contributed by atoms with E-state index in [1.54, 1.807) is 23.1 Å². The van der Waals surface area contributed by atoms with Crippen LogP contribution in [-0.2, 0) is 0 Å². The summed E-state index contributed by atoms with van der Waals surface area (Å²) < 4.78 is 1.63. The quantitative estimate of drug-likeness (QED) is 0.820. The van der Waals surface area contributed by atoms with E-state index in [0.29, 0.717) is 12.1 Å². The number of carbonyl (C=O) groups excluding carboxylic acids is 1. The minimum atomic E-state index is -0.549. The lowest BCUT2D eigenvalue weighted by molar-refractivity contribution is 0.0795. The summed E-state index contributed by atoms with van der Waals surface area (Å²) >= 11 is 0. The molecule has 1 amide bonds. The van der Waals surface area contributed by atoms with Gasteiger partial charge in [-0.15, -0.1) is 0 Å². The van der Waals surface area contributed by atoms with Crippen LogP contribution in [0.15, 0.2) is 36.9 Å². The number of β-amino-alcohol motifs (C(OH)–C–C–N with tert-alkyl or cyclic N) is 1. The van der Waals surface area contributed by atoms with Crippen molar-refractivity contribution in [2.45, 2.75) is 25.9 Å². The Bertz CT molecular complexity index is 663. The zero-order valence-corrected chi connectivity index (χ0v) is 14.5. The molecule has 3 rings (SSSR count). The van der Waals surface area contributed by atoms with Crippen LogP contribution in [-0.4, -0.2) is 63.0 Å². The molecule has 2 heterocycles. The fraction of sp³-hybridized carbons (Fsp3) is 0.500. The fourth-order valence-electron chi connectivity index (χ4n) is 3.03. The molecule has 1 atom stereocenters. The van der Waals surface area contributed by atoms with E-state index < -0.39 is 6.10 Å². The number of likely N-dealkylation sites (tertiary alicyclic amines) is 1. The lowest BCUT2D eigenvalue weighted by Crippen LogP contribution is -2.43. The molecule has 7 heteroatoms. The molecule has 2 aromatic rings. The number of amides is 1. The summed E-state index contributed by atoms with van der Waals surface area (Å²) in [5, 5.41) is 17.0. The van der Waals surface area contributed by atoms with Gasteiger partial charge in [0.25, 0.3) is 5.91 Å². The number of aromatic nitrogens is 3. The molecule has 1 fully saturated rings. The van der Waals surface area contributed by atoms with Gasteiger partial charge in [-0.05, 0) is 56.1 Å². The van der Waals surface area contributed by atoms with Crippen molar-refractivity contribution in [3.05, 3.63) is 42.5 Å². The highest BCUT2D eigenvalue weighted by Crippen LogP contribution is 2.15. The first-order valence-electron chi connectivity index (χ1n) is 8.75. The van der Waals surface area contributed by atoms with Gasteiger partial charge in [-0.25, -0.2) is 9.67 Å². The molecule has 1 aliphatic rings. The highest BCUT2D eigenvalue weighted by molar-refractivity contribution is 5.94. The van der Waals surface area contributed by atoms with Crippen LogP contribution in [0, 0.1) is 5.92 Å². The van der Waals surface area contributed by atoms with E-state index in [1.807, 2.05) is 12.1 Å². The highest BCUT2D eigenvalue weighted by atomic mass is 16.3. The second kappa shape index (κ2) is 8.22. The van der Waals surface area contributed by atoms with E-state index in [0.717, 1.165) is 24.7 Å². The normalized spacial score (nSPS) is 17.4. The second-order valence-corrected chi connectivity index (χ2v) is 6.73. The number of nitrogens with zero attached hydrogens (tertiary/aromatic N) is 4. The largest absolute Gasteiger partial charge is 0.390 e. The maximum Gasteiger partial charge on any atom is 0.251 e. The third kappa shape index (κ3) is 4.87. The molecule has 134 valence electrons. The number of aliphatic hydroxyl groups excluding tert-OH is 1. The Kier molecular flexibility index (Phi) is 5.78. The smallest absolute Gasteiger partial charge is 0.251 e. The number of piperidine rings is 1. The third-order valence-electron chi connectivity index (χ3n) is 4.66. The predicted molar refractivity (Wildman–Crippen MR) is 94.5 cm³/mol. The van der Waals surface area contributed by atoms with Crippen LogP contribution >= 0.6 is 0 Å². The van der Waals surface area contributed by atoms with Crippen molar-refractivity contribution in [2.75, 3.05) is 26.2 Å². The van der Waals surface area contributed by atoms with Crippen molar-refractivity contribution >= 4 is 5.91 Å². The first-order valence-corrected chi connectivity index (χ1v) is 8.75. The molecule has 1 aromatic carbocycles. The van der Waals surface area contributed by atoms with Crippen molar-refractivity contribution in [2.24, 2.45) is 5.92 Å². The first-order chi connectivity index (χ1) is 12.1. The summed E-state index contributed by atoms with van der Waals surface area (Å²) in [5.74, 6) is 0.588. The molecular formula is C18H25N5O2. The van der Waals surface area contributed by atoms with Crippen molar-refractivity contribution in [1.82, 2.24) is 25.0 Å². The minimum Gasteiger partial charge on any atom is -0.390 e. The molecule has 0 aliphatic carbocycles. The number of rotatable bonds is 6. The van der Waals surface area contributed by atoms with Crippen LogP contribution in [0.2, 0.25) is 0 Å². The van der Waals surface area contributed by atoms with Crippen molar-refractivity contribution < 1.29 is 9.90 Å². The predicted octanol–water partition coefficient (Wildman–Crippen LogP) is 1.09. The standard InChI is InChI=1S/C18H25N5O2/c1-14-6-8-22(9-7-14)11-17(24)10-20-18(25)15-2-4-16(5-3-15)23-13-19-12-21-23/h2-5,12-14,17,24H,6-11H2,1H3,(H,20,25). The van der Waals surface area contributed by atoms with E-state index >= 15 is 0 Å². The number of benzene rings is 1. The summed E-state index contributed by atoms with van der Waals surface area (Å²) in [6.07, 6.45) is 4.87. The average Bonchev–Trinajstić information content (AvgIpc) is 3.16. The number of hydrogen-bond acceptors (Lipinski definition) is 5. The van der Waals surface area contributed by atoms with Crippen molar-refractivity contribution in [3.8, 4) is 5.69 Å². The van der Waals surface area contributed by atoms with Gasteiger partial charge >= 0.3 is 0 Å². The monoisotopic (exact) mass is 343 g/mol. The molecule has 1 aromatic heterocycles. The Morgan fingerprint density at radius 3 is 2.68 bits per heavy atom. The molecule has 0 bridgehead atoms. The highest BCUT2D eigenvalue weighted by Gasteiger charge is 2.18. The maximum absolute atomic E-state index is 12.2. The molecule has 1 unspecified atom stereocenters. The summed E-state index contributed by atoms with van der Waals surface area (Å²) in [6, 6.07) is 7.11. The van der Waals surface area contributed by atoms with Crippen LogP contribution < -0.4 is 5.32 Å². The van der Waals surface area contributed by atoms with Crippen LogP contribution in [0.5, 0.6) is 0 Å². The molecule has 25 heavy (non-hydrogen) atoms. The third-order valence-corrected chi connectivity index (χ3v) is 4.66. The Labute approximate surface area is 147 Å². The van der Waals surface area contributed by atoms with E-state index in [1.165, 1.54) is 19.2 Å². The van der Waals surface area contributed by atoms with Crippen LogP contribution in [0.25, 0.3) is 5.69 Å². The average molecular weight is 343 g/mol. The second-order valence-electron chi connectivity index (χ2n) is 6.73. The molecule has 2 N–H and O–H groups in total. The topological polar surface area (TPSA) is 83.3 Å². The molecule has 0 spiro atoms. The van der Waals surface area contributed by atoms with Crippen LogP contribution in [0.1, 0.15) is 30.1 Å². The van der Waals surface area contributed by atoms with E-state index in [4.69, 9.17) is 0 Å². The zero-order chi connectivity index (χ0) is 17.6. The van der Waals surface area contributed by atoms with Gasteiger partial charge in [-0.2, -0.15) is 5.10 Å². The van der Waals surface area contributed by atoms with Gasteiger partial charge in [0.05, 0.1) is 11.8 Å². The first kappa shape index (κ1) is 17.6. The Morgan fingerprint density at radius 2 is 2.04 bits per heavy atom. The molecule has 1 aliphatic heterocycles. The summed E-state index contributed by atoms with van der Waals surface area (Å²) in [5.41, 5.74) is 1.40. The summed E-state index contributed by atoms with van der Waals surface area (Å²) in [6.45, 7) is 5.18. The van der Waals surface area contributed by atoms with E-state index in [9.17, 15) is 9.90 Å². The van der Waals surface area contributed by atoms with Crippen LogP contribution in [0.3, 0.4) is 0 Å². The van der Waals surface area contributed by atoms with Crippen molar-refractivity contribution in [1.29, 1.82) is 0 Å². The maximum atomic E-state index is 12.2. The summed E-state index contributed by atoms with van der Waals surface area (Å²) in [4.78, 5) is 18.4. The van der Waals surface area contributed by atoms with Gasteiger partial charge in [0.1, 0.15) is 12.7 Å².